The molecule has 1 amide bonds. The molecule has 1 N–H and O–H groups in total. The third kappa shape index (κ3) is 4.19. The summed E-state index contributed by atoms with van der Waals surface area (Å²) in [5, 5.41) is 2.66. The number of benzene rings is 1. The summed E-state index contributed by atoms with van der Waals surface area (Å²) < 4.78 is 15.7. The van der Waals surface area contributed by atoms with Crippen molar-refractivity contribution >= 4 is 12.2 Å². The van der Waals surface area contributed by atoms with E-state index in [9.17, 15) is 4.79 Å². The molecular weight excluding hydrogens is 258 g/mol. The third-order valence-corrected chi connectivity index (χ3v) is 2.73. The first kappa shape index (κ1) is 14.2. The topological polar surface area (TPSA) is 56.8 Å². The number of hydrogen-bond acceptors (Lipinski definition) is 4. The summed E-state index contributed by atoms with van der Waals surface area (Å²) in [5.74, 6) is 1.57. The number of hydrogen-bond donors (Lipinski definition) is 1. The second-order valence-corrected chi connectivity index (χ2v) is 4.24. The van der Waals surface area contributed by atoms with Gasteiger partial charge in [-0.15, -0.1) is 0 Å². The van der Waals surface area contributed by atoms with Crippen LogP contribution >= 0.6 is 0 Å². The molecule has 5 heteroatoms. The largest absolute Gasteiger partial charge is 0.486 e. The van der Waals surface area contributed by atoms with Crippen LogP contribution < -0.4 is 14.8 Å². The predicted octanol–water partition coefficient (Wildman–Crippen LogP) is 2.61. The maximum absolute atomic E-state index is 11.0. The lowest BCUT2D eigenvalue weighted by Crippen LogP contribution is -2.24. The number of alkyl carbamates (subject to hydrolysis) is 1. The maximum Gasteiger partial charge on any atom is 0.407 e. The molecule has 1 aromatic carbocycles. The minimum atomic E-state index is -0.375. The van der Waals surface area contributed by atoms with Crippen LogP contribution in [0.25, 0.3) is 6.08 Å². The monoisotopic (exact) mass is 277 g/mol. The van der Waals surface area contributed by atoms with Crippen molar-refractivity contribution in [3.05, 3.63) is 29.8 Å². The van der Waals surface area contributed by atoms with Gasteiger partial charge in [0.05, 0.1) is 6.61 Å². The van der Waals surface area contributed by atoms with E-state index < -0.39 is 0 Å². The second kappa shape index (κ2) is 7.43. The Hall–Kier alpha value is -2.17. The molecule has 0 saturated heterocycles. The first-order chi connectivity index (χ1) is 9.79. The average Bonchev–Trinajstić information content (AvgIpc) is 2.47. The molecule has 0 spiro atoms. The Labute approximate surface area is 118 Å². The van der Waals surface area contributed by atoms with Gasteiger partial charge in [0.25, 0.3) is 0 Å². The van der Waals surface area contributed by atoms with E-state index in [0.717, 1.165) is 23.5 Å². The lowest BCUT2D eigenvalue weighted by atomic mass is 10.1. The number of amides is 1. The predicted molar refractivity (Wildman–Crippen MR) is 76.1 cm³/mol. The molecular formula is C15H19NO4. The number of fused-ring (bicyclic) bond motifs is 1. The van der Waals surface area contributed by atoms with Crippen LogP contribution in [-0.2, 0) is 4.74 Å². The van der Waals surface area contributed by atoms with Gasteiger partial charge in [-0.1, -0.05) is 18.2 Å². The Morgan fingerprint density at radius 2 is 2.15 bits per heavy atom. The lowest BCUT2D eigenvalue weighted by molar-refractivity contribution is 0.152. The van der Waals surface area contributed by atoms with Gasteiger partial charge in [-0.05, 0) is 31.0 Å². The van der Waals surface area contributed by atoms with E-state index in [2.05, 4.69) is 5.32 Å². The molecule has 0 fully saturated rings. The fourth-order valence-corrected chi connectivity index (χ4v) is 1.82. The summed E-state index contributed by atoms with van der Waals surface area (Å²) in [5.41, 5.74) is 1.05. The Balaban J connectivity index is 1.78. The zero-order chi connectivity index (χ0) is 14.2. The quantitative estimate of drug-likeness (QED) is 0.840. The van der Waals surface area contributed by atoms with Crippen molar-refractivity contribution < 1.29 is 19.0 Å². The van der Waals surface area contributed by atoms with Crippen LogP contribution in [0.3, 0.4) is 0 Å². The highest BCUT2D eigenvalue weighted by Crippen LogP contribution is 2.31. The minimum absolute atomic E-state index is 0.375. The lowest BCUT2D eigenvalue weighted by Gasteiger charge is -2.18. The van der Waals surface area contributed by atoms with Crippen molar-refractivity contribution in [3.8, 4) is 11.5 Å². The van der Waals surface area contributed by atoms with E-state index in [1.165, 1.54) is 0 Å². The molecule has 0 aliphatic carbocycles. The minimum Gasteiger partial charge on any atom is -0.486 e. The van der Waals surface area contributed by atoms with Gasteiger partial charge < -0.3 is 19.5 Å². The molecule has 1 aliphatic rings. The molecule has 20 heavy (non-hydrogen) atoms. The molecule has 0 aromatic heterocycles. The van der Waals surface area contributed by atoms with Crippen LogP contribution in [0.4, 0.5) is 4.79 Å². The van der Waals surface area contributed by atoms with Crippen LogP contribution in [0, 0.1) is 0 Å². The van der Waals surface area contributed by atoms with Crippen molar-refractivity contribution in [1.82, 2.24) is 5.32 Å². The first-order valence-electron chi connectivity index (χ1n) is 6.76. The maximum atomic E-state index is 11.0. The Bertz CT molecular complexity index is 485. The number of carbonyl (C=O) groups excluding carboxylic acids is 1. The zero-order valence-corrected chi connectivity index (χ0v) is 11.6. The van der Waals surface area contributed by atoms with E-state index in [-0.39, 0.29) is 6.09 Å². The molecule has 0 saturated carbocycles. The van der Waals surface area contributed by atoms with Crippen LogP contribution in [0.1, 0.15) is 18.9 Å². The fraction of sp³-hybridized carbons (Fsp3) is 0.400. The van der Waals surface area contributed by atoms with Crippen LogP contribution in [-0.4, -0.2) is 32.5 Å². The molecule has 0 bridgehead atoms. The highest BCUT2D eigenvalue weighted by molar-refractivity contribution is 5.67. The van der Waals surface area contributed by atoms with Crippen LogP contribution in [0.2, 0.25) is 0 Å². The SMILES string of the molecule is CCOC(=O)NCC/C=C/c1ccc2c(c1)OCCO2. The van der Waals surface area contributed by atoms with E-state index >= 15 is 0 Å². The molecule has 0 radical (unpaired) electrons. The molecule has 1 aromatic rings. The standard InChI is InChI=1S/C15H19NO4/c1-2-18-15(17)16-8-4-3-5-12-6-7-13-14(11-12)20-10-9-19-13/h3,5-7,11H,2,4,8-10H2,1H3,(H,16,17)/b5-3+. The molecule has 2 rings (SSSR count). The number of ether oxygens (including phenoxy) is 3. The van der Waals surface area contributed by atoms with Gasteiger partial charge in [-0.2, -0.15) is 0 Å². The second-order valence-electron chi connectivity index (χ2n) is 4.24. The number of carbonyl (C=O) groups is 1. The molecule has 5 nitrogen and oxygen atoms in total. The van der Waals surface area contributed by atoms with Crippen LogP contribution in [0.15, 0.2) is 24.3 Å². The van der Waals surface area contributed by atoms with Gasteiger partial charge >= 0.3 is 6.09 Å². The van der Waals surface area contributed by atoms with Crippen molar-refractivity contribution in [3.63, 3.8) is 0 Å². The summed E-state index contributed by atoms with van der Waals surface area (Å²) >= 11 is 0. The third-order valence-electron chi connectivity index (χ3n) is 2.73. The summed E-state index contributed by atoms with van der Waals surface area (Å²) in [7, 11) is 0. The van der Waals surface area contributed by atoms with E-state index in [1.54, 1.807) is 6.92 Å². The molecule has 0 atom stereocenters. The highest BCUT2D eigenvalue weighted by Gasteiger charge is 2.10. The molecule has 108 valence electrons. The first-order valence-corrected chi connectivity index (χ1v) is 6.76. The Morgan fingerprint density at radius 3 is 2.95 bits per heavy atom. The summed E-state index contributed by atoms with van der Waals surface area (Å²) in [6, 6.07) is 5.83. The highest BCUT2D eigenvalue weighted by atomic mass is 16.6. The summed E-state index contributed by atoms with van der Waals surface area (Å²) in [4.78, 5) is 11.0. The van der Waals surface area contributed by atoms with Gasteiger partial charge in [0.2, 0.25) is 0 Å². The van der Waals surface area contributed by atoms with Gasteiger partial charge in [0, 0.05) is 6.54 Å². The number of rotatable bonds is 5. The number of nitrogens with one attached hydrogen (secondary N) is 1. The van der Waals surface area contributed by atoms with Crippen molar-refractivity contribution in [1.29, 1.82) is 0 Å². The van der Waals surface area contributed by atoms with Gasteiger partial charge in [0.1, 0.15) is 13.2 Å². The summed E-state index contributed by atoms with van der Waals surface area (Å²) in [6.45, 7) is 3.91. The van der Waals surface area contributed by atoms with Crippen molar-refractivity contribution in [2.45, 2.75) is 13.3 Å². The van der Waals surface area contributed by atoms with Crippen LogP contribution in [0.5, 0.6) is 11.5 Å². The summed E-state index contributed by atoms with van der Waals surface area (Å²) in [6.07, 6.45) is 4.36. The molecule has 1 heterocycles. The zero-order valence-electron chi connectivity index (χ0n) is 11.6. The van der Waals surface area contributed by atoms with Gasteiger partial charge in [0.15, 0.2) is 11.5 Å². The fourth-order valence-electron chi connectivity index (χ4n) is 1.82. The van der Waals surface area contributed by atoms with Gasteiger partial charge in [-0.25, -0.2) is 4.79 Å². The van der Waals surface area contributed by atoms with Gasteiger partial charge in [-0.3, -0.25) is 0 Å². The smallest absolute Gasteiger partial charge is 0.407 e. The van der Waals surface area contributed by atoms with E-state index in [1.807, 2.05) is 30.4 Å². The normalized spacial score (nSPS) is 13.2. The molecule has 0 unspecified atom stereocenters. The van der Waals surface area contributed by atoms with Crippen molar-refractivity contribution in [2.75, 3.05) is 26.4 Å². The Morgan fingerprint density at radius 1 is 1.35 bits per heavy atom. The van der Waals surface area contributed by atoms with E-state index in [0.29, 0.717) is 26.4 Å². The molecule has 1 aliphatic heterocycles. The van der Waals surface area contributed by atoms with E-state index in [4.69, 9.17) is 14.2 Å². The van der Waals surface area contributed by atoms with Crippen molar-refractivity contribution in [2.24, 2.45) is 0 Å². The Kier molecular flexibility index (Phi) is 5.29. The average molecular weight is 277 g/mol.